The van der Waals surface area contributed by atoms with E-state index in [1.165, 1.54) is 4.90 Å². The number of nitrogens with zero attached hydrogens (tertiary/aromatic N) is 2. The minimum absolute atomic E-state index is 0.0611. The zero-order valence-corrected chi connectivity index (χ0v) is 22.0. The van der Waals surface area contributed by atoms with Gasteiger partial charge in [0.1, 0.15) is 0 Å². The molecule has 0 spiro atoms. The van der Waals surface area contributed by atoms with Gasteiger partial charge < -0.3 is 9.64 Å². The number of carbonyl (C=O) groups is 2. The SMILES string of the molecule is CN(C(=O)COC(=O)c1c2c(nc3ccccc13)/C(=C/c1ccc(Cl)cc1)CCC2)[C@@H]1CCS(=O)(=O)C1. The average Bonchev–Trinajstić information content (AvgIpc) is 3.26. The van der Waals surface area contributed by atoms with E-state index in [1.54, 1.807) is 7.05 Å². The molecule has 0 unspecified atom stereocenters. The summed E-state index contributed by atoms with van der Waals surface area (Å²) in [5, 5.41) is 1.34. The number of aromatic nitrogens is 1. The molecule has 5 rings (SSSR count). The lowest BCUT2D eigenvalue weighted by Crippen LogP contribution is -2.40. The van der Waals surface area contributed by atoms with Crippen LogP contribution in [0.1, 0.15) is 46.4 Å². The van der Waals surface area contributed by atoms with Crippen molar-refractivity contribution in [3.63, 3.8) is 0 Å². The van der Waals surface area contributed by atoms with Gasteiger partial charge in [-0.05, 0) is 66.7 Å². The number of hydrogen-bond donors (Lipinski definition) is 0. The number of likely N-dealkylation sites (N-methyl/N-ethyl adjacent to an activating group) is 1. The van der Waals surface area contributed by atoms with E-state index in [0.29, 0.717) is 34.3 Å². The Bertz CT molecular complexity index is 1520. The lowest BCUT2D eigenvalue weighted by Gasteiger charge is -2.24. The molecule has 0 bridgehead atoms. The molecule has 7 nitrogen and oxygen atoms in total. The Kier molecular flexibility index (Phi) is 7.05. The van der Waals surface area contributed by atoms with Gasteiger partial charge in [-0.1, -0.05) is 41.9 Å². The van der Waals surface area contributed by atoms with Gasteiger partial charge in [-0.2, -0.15) is 0 Å². The Hall–Kier alpha value is -3.23. The number of pyridine rings is 1. The molecule has 2 aliphatic rings. The van der Waals surface area contributed by atoms with E-state index in [2.05, 4.69) is 6.08 Å². The molecule has 2 heterocycles. The summed E-state index contributed by atoms with van der Waals surface area (Å²) >= 11 is 6.04. The van der Waals surface area contributed by atoms with Crippen molar-refractivity contribution in [1.82, 2.24) is 9.88 Å². The fourth-order valence-electron chi connectivity index (χ4n) is 5.05. The Labute approximate surface area is 221 Å². The molecule has 0 radical (unpaired) electrons. The van der Waals surface area contributed by atoms with Crippen LogP contribution in [0.15, 0.2) is 48.5 Å². The van der Waals surface area contributed by atoms with Crippen LogP contribution in [0, 0.1) is 0 Å². The fraction of sp³-hybridized carbons (Fsp3) is 0.321. The molecule has 1 saturated heterocycles. The number of amides is 1. The second-order valence-corrected chi connectivity index (χ2v) is 12.2. The van der Waals surface area contributed by atoms with Crippen LogP contribution < -0.4 is 0 Å². The van der Waals surface area contributed by atoms with Crippen molar-refractivity contribution in [2.24, 2.45) is 0 Å². The molecule has 1 atom stereocenters. The molecule has 1 aliphatic carbocycles. The van der Waals surface area contributed by atoms with Crippen molar-refractivity contribution < 1.29 is 22.7 Å². The van der Waals surface area contributed by atoms with E-state index in [0.717, 1.165) is 35.2 Å². The first-order chi connectivity index (χ1) is 17.7. The number of hydrogen-bond acceptors (Lipinski definition) is 6. The highest BCUT2D eigenvalue weighted by Crippen LogP contribution is 2.36. The summed E-state index contributed by atoms with van der Waals surface area (Å²) in [7, 11) is -1.58. The highest BCUT2D eigenvalue weighted by molar-refractivity contribution is 7.91. The number of sulfone groups is 1. The Balaban J connectivity index is 1.44. The number of para-hydroxylation sites is 1. The third-order valence-corrected chi connectivity index (χ3v) is 9.06. The zero-order chi connectivity index (χ0) is 26.2. The second kappa shape index (κ2) is 10.3. The summed E-state index contributed by atoms with van der Waals surface area (Å²) in [6.45, 7) is -0.454. The van der Waals surface area contributed by atoms with Crippen molar-refractivity contribution in [3.8, 4) is 0 Å². The molecule has 1 aromatic heterocycles. The highest BCUT2D eigenvalue weighted by atomic mass is 35.5. The van der Waals surface area contributed by atoms with Crippen LogP contribution in [-0.4, -0.2) is 61.4 Å². The fourth-order valence-corrected chi connectivity index (χ4v) is 6.95. The molecular formula is C28H27ClN2O5S. The van der Waals surface area contributed by atoms with Gasteiger partial charge in [0.25, 0.3) is 5.91 Å². The van der Waals surface area contributed by atoms with E-state index >= 15 is 0 Å². The van der Waals surface area contributed by atoms with Crippen LogP contribution >= 0.6 is 11.6 Å². The monoisotopic (exact) mass is 538 g/mol. The standard InChI is InChI=1S/C28H27ClN2O5S/c1-31(21-13-14-37(34,35)17-21)25(32)16-36-28(33)26-22-6-2-3-8-24(22)30-27-19(5-4-7-23(26)27)15-18-9-11-20(29)12-10-18/h2-3,6,8-12,15,21H,4-5,7,13-14,16-17H2,1H3/b19-15+/t21-/m1/s1. The molecule has 192 valence electrons. The van der Waals surface area contributed by atoms with Crippen molar-refractivity contribution >= 4 is 55.9 Å². The van der Waals surface area contributed by atoms with E-state index in [4.69, 9.17) is 21.3 Å². The third kappa shape index (κ3) is 5.40. The maximum absolute atomic E-state index is 13.4. The average molecular weight is 539 g/mol. The zero-order valence-electron chi connectivity index (χ0n) is 20.4. The maximum Gasteiger partial charge on any atom is 0.339 e. The topological polar surface area (TPSA) is 93.6 Å². The predicted molar refractivity (Wildman–Crippen MR) is 144 cm³/mol. The molecule has 3 aromatic rings. The number of ether oxygens (including phenoxy) is 1. The van der Waals surface area contributed by atoms with Gasteiger partial charge in [0.15, 0.2) is 16.4 Å². The van der Waals surface area contributed by atoms with Gasteiger partial charge in [-0.3, -0.25) is 4.79 Å². The number of fused-ring (bicyclic) bond motifs is 2. The van der Waals surface area contributed by atoms with Crippen LogP contribution in [0.5, 0.6) is 0 Å². The molecule has 1 fully saturated rings. The summed E-state index contributed by atoms with van der Waals surface area (Å²) in [5.41, 5.74) is 4.72. The molecule has 0 N–H and O–H groups in total. The Morgan fingerprint density at radius 1 is 1.14 bits per heavy atom. The van der Waals surface area contributed by atoms with Crippen LogP contribution in [0.25, 0.3) is 22.6 Å². The minimum atomic E-state index is -3.13. The first-order valence-corrected chi connectivity index (χ1v) is 14.4. The summed E-state index contributed by atoms with van der Waals surface area (Å²) in [5.74, 6) is -1.00. The number of carbonyl (C=O) groups excluding carboxylic acids is 2. The number of rotatable bonds is 5. The lowest BCUT2D eigenvalue weighted by atomic mass is 9.86. The van der Waals surface area contributed by atoms with Gasteiger partial charge in [0, 0.05) is 23.5 Å². The van der Waals surface area contributed by atoms with Gasteiger partial charge in [0.2, 0.25) is 0 Å². The van der Waals surface area contributed by atoms with Crippen LogP contribution in [0.4, 0.5) is 0 Å². The quantitative estimate of drug-likeness (QED) is 0.442. The van der Waals surface area contributed by atoms with Crippen LogP contribution in [0.2, 0.25) is 5.02 Å². The maximum atomic E-state index is 13.4. The molecule has 37 heavy (non-hydrogen) atoms. The van der Waals surface area contributed by atoms with E-state index < -0.39 is 34.4 Å². The van der Waals surface area contributed by atoms with Gasteiger partial charge >= 0.3 is 5.97 Å². The van der Waals surface area contributed by atoms with Crippen molar-refractivity contribution in [1.29, 1.82) is 0 Å². The van der Waals surface area contributed by atoms with E-state index in [9.17, 15) is 18.0 Å². The molecule has 1 amide bonds. The Morgan fingerprint density at radius 3 is 2.62 bits per heavy atom. The summed E-state index contributed by atoms with van der Waals surface area (Å²) < 4.78 is 29.1. The number of allylic oxidation sites excluding steroid dienone is 1. The van der Waals surface area contributed by atoms with Gasteiger partial charge in [0.05, 0.1) is 28.3 Å². The van der Waals surface area contributed by atoms with Crippen molar-refractivity contribution in [3.05, 3.63) is 75.9 Å². The third-order valence-electron chi connectivity index (χ3n) is 7.06. The second-order valence-electron chi connectivity index (χ2n) is 9.54. The van der Waals surface area contributed by atoms with Gasteiger partial charge in [-0.15, -0.1) is 0 Å². The van der Waals surface area contributed by atoms with Crippen molar-refractivity contribution in [2.45, 2.75) is 31.7 Å². The molecule has 9 heteroatoms. The number of halogens is 1. The normalized spacial score (nSPS) is 19.5. The number of benzene rings is 2. The van der Waals surface area contributed by atoms with Crippen LogP contribution in [0.3, 0.4) is 0 Å². The largest absolute Gasteiger partial charge is 0.452 e. The summed E-state index contributed by atoms with van der Waals surface area (Å²) in [4.78, 5) is 32.5. The Morgan fingerprint density at radius 2 is 1.89 bits per heavy atom. The predicted octanol–water partition coefficient (Wildman–Crippen LogP) is 4.57. The smallest absolute Gasteiger partial charge is 0.339 e. The van der Waals surface area contributed by atoms with Crippen molar-refractivity contribution in [2.75, 3.05) is 25.2 Å². The first-order valence-electron chi connectivity index (χ1n) is 12.2. The molecule has 0 saturated carbocycles. The first kappa shape index (κ1) is 25.4. The molecule has 1 aliphatic heterocycles. The van der Waals surface area contributed by atoms with E-state index in [-0.39, 0.29) is 11.5 Å². The van der Waals surface area contributed by atoms with E-state index in [1.807, 2.05) is 48.5 Å². The number of esters is 1. The highest BCUT2D eigenvalue weighted by Gasteiger charge is 2.33. The summed E-state index contributed by atoms with van der Waals surface area (Å²) in [6, 6.07) is 14.6. The minimum Gasteiger partial charge on any atom is -0.452 e. The molecule has 2 aromatic carbocycles. The summed E-state index contributed by atoms with van der Waals surface area (Å²) in [6.07, 6.45) is 4.81. The van der Waals surface area contributed by atoms with Gasteiger partial charge in [-0.25, -0.2) is 18.2 Å². The lowest BCUT2D eigenvalue weighted by molar-refractivity contribution is -0.134. The molecular weight excluding hydrogens is 512 g/mol. The van der Waals surface area contributed by atoms with Crippen LogP contribution in [-0.2, 0) is 25.8 Å².